The Hall–Kier alpha value is -3.84. The number of rotatable bonds is 8. The van der Waals surface area contributed by atoms with Crippen LogP contribution < -0.4 is 10.1 Å². The molecule has 0 atom stereocenters. The molecule has 0 bridgehead atoms. The van der Waals surface area contributed by atoms with E-state index in [0.29, 0.717) is 18.0 Å². The molecule has 6 nitrogen and oxygen atoms in total. The van der Waals surface area contributed by atoms with Gasteiger partial charge in [0, 0.05) is 5.69 Å². The second-order valence-electron chi connectivity index (χ2n) is 7.71. The van der Waals surface area contributed by atoms with Crippen molar-refractivity contribution in [2.45, 2.75) is 20.0 Å². The van der Waals surface area contributed by atoms with E-state index >= 15 is 0 Å². The van der Waals surface area contributed by atoms with Gasteiger partial charge in [0.25, 0.3) is 11.1 Å². The lowest BCUT2D eigenvalue weighted by molar-refractivity contribution is -0.127. The number of nitrogens with one attached hydrogen (secondary N) is 1. The molecule has 0 spiro atoms. The zero-order valence-corrected chi connectivity index (χ0v) is 19.5. The fourth-order valence-corrected chi connectivity index (χ4v) is 4.20. The maximum absolute atomic E-state index is 12.7. The van der Waals surface area contributed by atoms with E-state index < -0.39 is 17.1 Å². The minimum atomic E-state index is -0.476. The van der Waals surface area contributed by atoms with E-state index in [1.54, 1.807) is 18.2 Å². The highest BCUT2D eigenvalue weighted by atomic mass is 32.2. The van der Waals surface area contributed by atoms with Crippen LogP contribution in [0.5, 0.6) is 5.75 Å². The highest BCUT2D eigenvalue weighted by Gasteiger charge is 2.36. The molecule has 1 aliphatic heterocycles. The second-order valence-corrected chi connectivity index (χ2v) is 8.70. The number of imide groups is 1. The Kier molecular flexibility index (Phi) is 7.44. The Morgan fingerprint density at radius 1 is 0.941 bits per heavy atom. The Morgan fingerprint density at radius 3 is 2.32 bits per heavy atom. The molecule has 3 amide bonds. The second kappa shape index (κ2) is 10.9. The van der Waals surface area contributed by atoms with Gasteiger partial charge >= 0.3 is 0 Å². The van der Waals surface area contributed by atoms with Gasteiger partial charge in [-0.25, -0.2) is 0 Å². The Balaban J connectivity index is 1.34. The fraction of sp³-hybridized carbons (Fsp3) is 0.148. The van der Waals surface area contributed by atoms with Crippen LogP contribution in [0.3, 0.4) is 0 Å². The molecular weight excluding hydrogens is 448 g/mol. The topological polar surface area (TPSA) is 75.7 Å². The number of hydrogen-bond donors (Lipinski definition) is 1. The van der Waals surface area contributed by atoms with E-state index in [1.165, 1.54) is 0 Å². The third-order valence-corrected chi connectivity index (χ3v) is 6.15. The van der Waals surface area contributed by atoms with Crippen LogP contribution in [0.4, 0.5) is 10.5 Å². The first-order valence-corrected chi connectivity index (χ1v) is 11.7. The van der Waals surface area contributed by atoms with Crippen molar-refractivity contribution in [3.8, 4) is 5.75 Å². The lowest BCUT2D eigenvalue weighted by atomic mass is 10.1. The van der Waals surface area contributed by atoms with Crippen LogP contribution in [0.1, 0.15) is 23.6 Å². The highest BCUT2D eigenvalue weighted by molar-refractivity contribution is 8.18. The van der Waals surface area contributed by atoms with Crippen LogP contribution in [0, 0.1) is 0 Å². The summed E-state index contributed by atoms with van der Waals surface area (Å²) in [5, 5.41) is 2.27. The van der Waals surface area contributed by atoms with Crippen molar-refractivity contribution in [1.82, 2.24) is 4.90 Å². The lowest BCUT2D eigenvalue weighted by Gasteiger charge is -2.12. The smallest absolute Gasteiger partial charge is 0.294 e. The SMILES string of the molecule is CCc1ccc(NC(=O)CN2C(=O)S/C(=C/c3ccc(OCc4ccccc4)cc3)C2=O)cc1. The largest absolute Gasteiger partial charge is 0.489 e. The van der Waals surface area contributed by atoms with Crippen molar-refractivity contribution in [2.75, 3.05) is 11.9 Å². The fourth-order valence-electron chi connectivity index (χ4n) is 3.36. The van der Waals surface area contributed by atoms with Gasteiger partial charge in [-0.3, -0.25) is 19.3 Å². The van der Waals surface area contributed by atoms with E-state index in [9.17, 15) is 14.4 Å². The third-order valence-electron chi connectivity index (χ3n) is 5.25. The van der Waals surface area contributed by atoms with E-state index in [2.05, 4.69) is 12.2 Å². The van der Waals surface area contributed by atoms with Gasteiger partial charge in [-0.2, -0.15) is 0 Å². The molecule has 34 heavy (non-hydrogen) atoms. The molecule has 0 unspecified atom stereocenters. The molecule has 1 aliphatic rings. The number of benzene rings is 3. The summed E-state index contributed by atoms with van der Waals surface area (Å²) < 4.78 is 5.78. The van der Waals surface area contributed by atoms with Crippen LogP contribution >= 0.6 is 11.8 Å². The number of anilines is 1. The Labute approximate surface area is 202 Å². The third kappa shape index (κ3) is 5.94. The molecule has 3 aromatic carbocycles. The van der Waals surface area contributed by atoms with Gasteiger partial charge in [-0.1, -0.05) is 61.5 Å². The molecule has 1 N–H and O–H groups in total. The molecule has 1 saturated heterocycles. The van der Waals surface area contributed by atoms with Gasteiger partial charge < -0.3 is 10.1 Å². The molecule has 7 heteroatoms. The van der Waals surface area contributed by atoms with Gasteiger partial charge in [-0.05, 0) is 65.2 Å². The number of carbonyl (C=O) groups is 3. The van der Waals surface area contributed by atoms with Crippen LogP contribution in [0.2, 0.25) is 0 Å². The molecule has 1 fully saturated rings. The number of nitrogens with zero attached hydrogens (tertiary/aromatic N) is 1. The summed E-state index contributed by atoms with van der Waals surface area (Å²) in [6, 6.07) is 24.6. The number of aryl methyl sites for hydroxylation is 1. The molecule has 4 rings (SSSR count). The minimum absolute atomic E-state index is 0.281. The van der Waals surface area contributed by atoms with E-state index in [4.69, 9.17) is 4.74 Å². The van der Waals surface area contributed by atoms with Crippen LogP contribution in [-0.4, -0.2) is 28.5 Å². The number of hydrogen-bond acceptors (Lipinski definition) is 5. The zero-order valence-electron chi connectivity index (χ0n) is 18.7. The summed E-state index contributed by atoms with van der Waals surface area (Å²) in [5.74, 6) is -0.193. The normalized spacial score (nSPS) is 14.5. The highest BCUT2D eigenvalue weighted by Crippen LogP contribution is 2.32. The summed E-state index contributed by atoms with van der Waals surface area (Å²) in [4.78, 5) is 38.7. The molecule has 0 radical (unpaired) electrons. The van der Waals surface area contributed by atoms with E-state index in [0.717, 1.165) is 39.8 Å². The molecule has 0 aliphatic carbocycles. The average Bonchev–Trinajstić information content (AvgIpc) is 3.12. The van der Waals surface area contributed by atoms with Gasteiger partial charge in [0.05, 0.1) is 4.91 Å². The summed E-state index contributed by atoms with van der Waals surface area (Å²) >= 11 is 0.829. The van der Waals surface area contributed by atoms with Crippen molar-refractivity contribution in [3.05, 3.63) is 100 Å². The molecule has 0 saturated carbocycles. The Bertz CT molecular complexity index is 1210. The summed E-state index contributed by atoms with van der Waals surface area (Å²) in [5.41, 5.74) is 3.62. The average molecular weight is 473 g/mol. The van der Waals surface area contributed by atoms with Crippen LogP contribution in [0.15, 0.2) is 83.8 Å². The van der Waals surface area contributed by atoms with Crippen molar-refractivity contribution < 1.29 is 19.1 Å². The Morgan fingerprint density at radius 2 is 1.65 bits per heavy atom. The quantitative estimate of drug-likeness (QED) is 0.438. The van der Waals surface area contributed by atoms with Crippen molar-refractivity contribution in [1.29, 1.82) is 0 Å². The predicted octanol–water partition coefficient (Wildman–Crippen LogP) is 5.50. The summed E-state index contributed by atoms with van der Waals surface area (Å²) in [6.45, 7) is 2.18. The lowest BCUT2D eigenvalue weighted by Crippen LogP contribution is -2.36. The van der Waals surface area contributed by atoms with Crippen molar-refractivity contribution in [2.24, 2.45) is 0 Å². The molecule has 3 aromatic rings. The monoisotopic (exact) mass is 472 g/mol. The van der Waals surface area contributed by atoms with E-state index in [1.807, 2.05) is 66.7 Å². The van der Waals surface area contributed by atoms with Gasteiger partial charge in [-0.15, -0.1) is 0 Å². The first-order chi connectivity index (χ1) is 16.5. The summed E-state index contributed by atoms with van der Waals surface area (Å²) in [7, 11) is 0. The molecule has 1 heterocycles. The van der Waals surface area contributed by atoms with Crippen LogP contribution in [0.25, 0.3) is 6.08 Å². The number of carbonyl (C=O) groups excluding carboxylic acids is 3. The standard InChI is InChI=1S/C27H24N2O4S/c1-2-19-8-12-22(13-9-19)28-25(30)17-29-26(31)24(34-27(29)32)16-20-10-14-23(15-11-20)33-18-21-6-4-3-5-7-21/h3-16H,2,17-18H2,1H3,(H,28,30)/b24-16+. The number of ether oxygens (including phenoxy) is 1. The minimum Gasteiger partial charge on any atom is -0.489 e. The maximum Gasteiger partial charge on any atom is 0.294 e. The van der Waals surface area contributed by atoms with E-state index in [-0.39, 0.29) is 11.4 Å². The van der Waals surface area contributed by atoms with Crippen molar-refractivity contribution in [3.63, 3.8) is 0 Å². The van der Waals surface area contributed by atoms with Gasteiger partial charge in [0.15, 0.2) is 0 Å². The van der Waals surface area contributed by atoms with Crippen LogP contribution in [-0.2, 0) is 22.6 Å². The maximum atomic E-state index is 12.7. The first kappa shape index (κ1) is 23.3. The summed E-state index contributed by atoms with van der Waals surface area (Å²) in [6.07, 6.45) is 2.55. The molecule has 172 valence electrons. The van der Waals surface area contributed by atoms with Gasteiger partial charge in [0.1, 0.15) is 18.9 Å². The zero-order chi connectivity index (χ0) is 23.9. The van der Waals surface area contributed by atoms with Gasteiger partial charge in [0.2, 0.25) is 5.91 Å². The van der Waals surface area contributed by atoms with Crippen molar-refractivity contribution >= 4 is 40.6 Å². The predicted molar refractivity (Wildman–Crippen MR) is 134 cm³/mol. The number of amides is 3. The molecule has 0 aromatic heterocycles. The number of thioether (sulfide) groups is 1. The molecular formula is C27H24N2O4S. The first-order valence-electron chi connectivity index (χ1n) is 10.9.